The lowest BCUT2D eigenvalue weighted by atomic mass is 10.4. The van der Waals surface area contributed by atoms with E-state index >= 15 is 0 Å². The molecule has 0 bridgehead atoms. The molecule has 1 amide bonds. The first-order valence-electron chi connectivity index (χ1n) is 3.31. The van der Waals surface area contributed by atoms with Gasteiger partial charge in [0.1, 0.15) is 0 Å². The summed E-state index contributed by atoms with van der Waals surface area (Å²) in [5.74, 6) is -2.26. The van der Waals surface area contributed by atoms with E-state index in [1.54, 1.807) is 0 Å². The largest absolute Gasteiger partial charge is 0.470 e. The number of rotatable bonds is 0. The highest BCUT2D eigenvalue weighted by atomic mass is 19.4. The quantitative estimate of drug-likeness (QED) is 0.666. The summed E-state index contributed by atoms with van der Waals surface area (Å²) < 4.78 is 32.1. The van der Waals surface area contributed by atoms with Crippen LogP contribution >= 0.6 is 0 Å². The van der Waals surface area contributed by atoms with Crippen molar-refractivity contribution in [3.63, 3.8) is 0 Å². The molecule has 0 aliphatic carbocycles. The summed E-state index contributed by atoms with van der Waals surface area (Å²) in [6.07, 6.45) is -4.86. The van der Waals surface area contributed by atoms with Gasteiger partial charge in [-0.25, -0.2) is 0 Å². The molecule has 0 saturated carbocycles. The van der Waals surface area contributed by atoms with Gasteiger partial charge < -0.3 is 5.73 Å². The summed E-state index contributed by atoms with van der Waals surface area (Å²) in [5, 5.41) is 0. The van der Waals surface area contributed by atoms with Gasteiger partial charge in [-0.1, -0.05) is 36.4 Å². The standard InChI is InChI=1S/C6H6.C2H2F3NO/c1-2-4-6-5-3-1;3-2(4,5)1(6)7/h1-6H;(H2,6,7). The first-order chi connectivity index (χ1) is 5.94. The highest BCUT2D eigenvalue weighted by Crippen LogP contribution is 2.11. The zero-order valence-corrected chi connectivity index (χ0v) is 6.58. The molecule has 72 valence electrons. The van der Waals surface area contributed by atoms with Crippen molar-refractivity contribution in [3.05, 3.63) is 36.4 Å². The Morgan fingerprint density at radius 2 is 1.08 bits per heavy atom. The van der Waals surface area contributed by atoms with E-state index in [-0.39, 0.29) is 0 Å². The fraction of sp³-hybridized carbons (Fsp3) is 0.125. The number of amides is 1. The number of carbonyl (C=O) groups is 1. The van der Waals surface area contributed by atoms with Crippen molar-refractivity contribution in [3.8, 4) is 0 Å². The van der Waals surface area contributed by atoms with E-state index in [0.29, 0.717) is 0 Å². The number of carbonyl (C=O) groups excluding carboxylic acids is 1. The van der Waals surface area contributed by atoms with Crippen molar-refractivity contribution >= 4 is 5.91 Å². The fourth-order valence-electron chi connectivity index (χ4n) is 0.385. The van der Waals surface area contributed by atoms with Crippen molar-refractivity contribution in [2.24, 2.45) is 5.73 Å². The number of primary amides is 1. The predicted octanol–water partition coefficient (Wildman–Crippen LogP) is 1.72. The van der Waals surface area contributed by atoms with Crippen LogP contribution in [-0.2, 0) is 4.79 Å². The van der Waals surface area contributed by atoms with E-state index in [1.807, 2.05) is 36.4 Å². The molecule has 0 atom stereocenters. The number of hydrogen-bond acceptors (Lipinski definition) is 1. The second kappa shape index (κ2) is 5.18. The van der Waals surface area contributed by atoms with Crippen molar-refractivity contribution in [1.82, 2.24) is 0 Å². The summed E-state index contributed by atoms with van der Waals surface area (Å²) >= 11 is 0. The zero-order chi connectivity index (χ0) is 10.3. The van der Waals surface area contributed by atoms with Gasteiger partial charge >= 0.3 is 12.1 Å². The van der Waals surface area contributed by atoms with E-state index < -0.39 is 12.1 Å². The Kier molecular flexibility index (Phi) is 4.58. The maximum absolute atomic E-state index is 10.7. The third kappa shape index (κ3) is 6.86. The summed E-state index contributed by atoms with van der Waals surface area (Å²) in [4.78, 5) is 9.12. The smallest absolute Gasteiger partial charge is 0.362 e. The van der Waals surface area contributed by atoms with Gasteiger partial charge in [-0.15, -0.1) is 0 Å². The Labute approximate surface area is 73.2 Å². The van der Waals surface area contributed by atoms with Crippen LogP contribution in [0.15, 0.2) is 36.4 Å². The molecule has 5 heteroatoms. The zero-order valence-electron chi connectivity index (χ0n) is 6.58. The monoisotopic (exact) mass is 191 g/mol. The molecule has 0 heterocycles. The Morgan fingerprint density at radius 1 is 0.923 bits per heavy atom. The minimum absolute atomic E-state index is 2.00. The third-order valence-corrected chi connectivity index (χ3v) is 0.946. The average molecular weight is 191 g/mol. The average Bonchev–Trinajstić information content (AvgIpc) is 2.07. The van der Waals surface area contributed by atoms with Gasteiger partial charge in [-0.2, -0.15) is 13.2 Å². The number of nitrogens with two attached hydrogens (primary N) is 1. The molecular formula is C8H8F3NO. The van der Waals surface area contributed by atoms with E-state index in [0.717, 1.165) is 0 Å². The lowest BCUT2D eigenvalue weighted by Gasteiger charge is -1.95. The van der Waals surface area contributed by atoms with E-state index in [1.165, 1.54) is 0 Å². The molecule has 1 rings (SSSR count). The minimum Gasteiger partial charge on any atom is -0.362 e. The molecule has 0 aliphatic rings. The van der Waals surface area contributed by atoms with Crippen LogP contribution in [0.3, 0.4) is 0 Å². The van der Waals surface area contributed by atoms with Crippen molar-refractivity contribution in [2.75, 3.05) is 0 Å². The second-order valence-corrected chi connectivity index (χ2v) is 2.02. The van der Waals surface area contributed by atoms with Crippen LogP contribution in [-0.4, -0.2) is 12.1 Å². The van der Waals surface area contributed by atoms with Crippen molar-refractivity contribution in [2.45, 2.75) is 6.18 Å². The molecule has 2 nitrogen and oxygen atoms in total. The van der Waals surface area contributed by atoms with E-state index in [2.05, 4.69) is 5.73 Å². The van der Waals surface area contributed by atoms with E-state index in [9.17, 15) is 13.2 Å². The first-order valence-corrected chi connectivity index (χ1v) is 3.31. The Morgan fingerprint density at radius 3 is 1.15 bits per heavy atom. The van der Waals surface area contributed by atoms with Crippen LogP contribution in [0.4, 0.5) is 13.2 Å². The Bertz CT molecular complexity index is 219. The van der Waals surface area contributed by atoms with Gasteiger partial charge in [0.15, 0.2) is 0 Å². The summed E-state index contributed by atoms with van der Waals surface area (Å²) in [6.45, 7) is 0. The molecule has 2 N–H and O–H groups in total. The SMILES string of the molecule is NC(=O)C(F)(F)F.c1ccccc1. The number of alkyl halides is 3. The molecule has 13 heavy (non-hydrogen) atoms. The van der Waals surface area contributed by atoms with Crippen LogP contribution in [0.1, 0.15) is 0 Å². The van der Waals surface area contributed by atoms with Crippen LogP contribution in [0.25, 0.3) is 0 Å². The van der Waals surface area contributed by atoms with Crippen molar-refractivity contribution < 1.29 is 18.0 Å². The highest BCUT2D eigenvalue weighted by molar-refractivity contribution is 5.79. The summed E-state index contributed by atoms with van der Waals surface area (Å²) in [7, 11) is 0. The molecule has 0 saturated heterocycles. The number of halogens is 3. The first kappa shape index (κ1) is 11.5. The van der Waals surface area contributed by atoms with E-state index in [4.69, 9.17) is 4.79 Å². The van der Waals surface area contributed by atoms with Gasteiger partial charge in [-0.3, -0.25) is 4.79 Å². The number of benzene rings is 1. The van der Waals surface area contributed by atoms with Crippen molar-refractivity contribution in [1.29, 1.82) is 0 Å². The summed E-state index contributed by atoms with van der Waals surface area (Å²) in [6, 6.07) is 12.0. The molecule has 0 unspecified atom stereocenters. The van der Waals surface area contributed by atoms with Gasteiger partial charge in [0.25, 0.3) is 0 Å². The minimum atomic E-state index is -4.86. The van der Waals surface area contributed by atoms with Gasteiger partial charge in [0.2, 0.25) is 0 Å². The lowest BCUT2D eigenvalue weighted by molar-refractivity contribution is -0.169. The van der Waals surface area contributed by atoms with Crippen LogP contribution in [0, 0.1) is 0 Å². The molecular weight excluding hydrogens is 183 g/mol. The molecule has 1 aromatic carbocycles. The summed E-state index contributed by atoms with van der Waals surface area (Å²) in [5.41, 5.74) is 3.81. The predicted molar refractivity (Wildman–Crippen MR) is 41.7 cm³/mol. The molecule has 0 radical (unpaired) electrons. The second-order valence-electron chi connectivity index (χ2n) is 2.02. The molecule has 1 aromatic rings. The highest BCUT2D eigenvalue weighted by Gasteiger charge is 2.35. The van der Waals surface area contributed by atoms with Gasteiger partial charge in [0.05, 0.1) is 0 Å². The van der Waals surface area contributed by atoms with Crippen LogP contribution < -0.4 is 5.73 Å². The molecule has 0 aromatic heterocycles. The molecule has 0 fully saturated rings. The Balaban J connectivity index is 0.000000223. The van der Waals surface area contributed by atoms with Gasteiger partial charge in [-0.05, 0) is 0 Å². The normalized spacial score (nSPS) is 9.77. The molecule has 0 spiro atoms. The molecule has 0 aliphatic heterocycles. The van der Waals surface area contributed by atoms with Crippen LogP contribution in [0.2, 0.25) is 0 Å². The topological polar surface area (TPSA) is 43.1 Å². The fourth-order valence-corrected chi connectivity index (χ4v) is 0.385. The lowest BCUT2D eigenvalue weighted by Crippen LogP contribution is -2.30. The van der Waals surface area contributed by atoms with Gasteiger partial charge in [0, 0.05) is 0 Å². The maximum Gasteiger partial charge on any atom is 0.470 e. The maximum atomic E-state index is 10.7. The van der Waals surface area contributed by atoms with Crippen LogP contribution in [0.5, 0.6) is 0 Å². The third-order valence-electron chi connectivity index (χ3n) is 0.946. The Hall–Kier alpha value is -1.52. The number of hydrogen-bond donors (Lipinski definition) is 1.